The van der Waals surface area contributed by atoms with Crippen molar-refractivity contribution in [2.24, 2.45) is 5.41 Å². The minimum Gasteiger partial charge on any atom is -0.481 e. The van der Waals surface area contributed by atoms with E-state index in [1.807, 2.05) is 24.3 Å². The van der Waals surface area contributed by atoms with Crippen LogP contribution in [-0.4, -0.2) is 40.2 Å². The fourth-order valence-corrected chi connectivity index (χ4v) is 3.08. The van der Waals surface area contributed by atoms with Crippen LogP contribution in [0.5, 0.6) is 0 Å². The Morgan fingerprint density at radius 3 is 2.77 bits per heavy atom. The lowest BCUT2D eigenvalue weighted by atomic mass is 9.86. The Labute approximate surface area is 124 Å². The van der Waals surface area contributed by atoms with Crippen LogP contribution < -0.4 is 0 Å². The molecule has 1 unspecified atom stereocenters. The van der Waals surface area contributed by atoms with Gasteiger partial charge in [-0.15, -0.1) is 0 Å². The molecule has 1 saturated heterocycles. The van der Waals surface area contributed by atoms with E-state index in [2.05, 4.69) is 4.98 Å². The Morgan fingerprint density at radius 1 is 1.36 bits per heavy atom. The van der Waals surface area contributed by atoms with Gasteiger partial charge >= 0.3 is 12.1 Å². The number of aliphatic carboxylic acids is 1. The smallest absolute Gasteiger partial charge is 0.406 e. The highest BCUT2D eigenvalue weighted by atomic mass is 19.4. The number of benzene rings is 1. The van der Waals surface area contributed by atoms with Crippen LogP contribution in [0, 0.1) is 5.41 Å². The van der Waals surface area contributed by atoms with Gasteiger partial charge in [-0.25, -0.2) is 0 Å². The lowest BCUT2D eigenvalue weighted by Gasteiger charge is -2.27. The van der Waals surface area contributed by atoms with Crippen molar-refractivity contribution in [2.75, 3.05) is 13.1 Å². The first-order chi connectivity index (χ1) is 10.3. The first-order valence-electron chi connectivity index (χ1n) is 6.91. The summed E-state index contributed by atoms with van der Waals surface area (Å²) in [6, 6.07) is 7.44. The number of aromatic amines is 1. The van der Waals surface area contributed by atoms with E-state index in [1.165, 1.54) is 0 Å². The minimum absolute atomic E-state index is 0.118. The van der Waals surface area contributed by atoms with Gasteiger partial charge in [0, 0.05) is 36.7 Å². The van der Waals surface area contributed by atoms with Crippen molar-refractivity contribution in [3.8, 4) is 0 Å². The van der Waals surface area contributed by atoms with E-state index in [0.29, 0.717) is 6.54 Å². The van der Waals surface area contributed by atoms with Gasteiger partial charge < -0.3 is 10.1 Å². The summed E-state index contributed by atoms with van der Waals surface area (Å²) in [4.78, 5) is 15.8. The third-order valence-electron chi connectivity index (χ3n) is 4.38. The summed E-state index contributed by atoms with van der Waals surface area (Å²) in [5.41, 5.74) is -0.849. The lowest BCUT2D eigenvalue weighted by Crippen LogP contribution is -2.47. The number of likely N-dealkylation sites (tertiary alicyclic amines) is 1. The molecule has 1 atom stereocenters. The summed E-state index contributed by atoms with van der Waals surface area (Å²) in [5.74, 6) is -1.79. The number of H-pyrrole nitrogens is 1. The molecular formula is C15H15F3N2O2. The van der Waals surface area contributed by atoms with Crippen LogP contribution in [0.25, 0.3) is 10.9 Å². The van der Waals surface area contributed by atoms with Gasteiger partial charge in [0.2, 0.25) is 0 Å². The molecule has 22 heavy (non-hydrogen) atoms. The third-order valence-corrected chi connectivity index (χ3v) is 4.38. The Bertz CT molecular complexity index is 710. The maximum absolute atomic E-state index is 13.2. The Balaban J connectivity index is 1.84. The number of carbonyl (C=O) groups is 1. The number of nitrogens with one attached hydrogen (secondary N) is 1. The van der Waals surface area contributed by atoms with E-state index < -0.39 is 30.5 Å². The second-order valence-electron chi connectivity index (χ2n) is 5.70. The van der Waals surface area contributed by atoms with E-state index in [0.717, 1.165) is 16.5 Å². The van der Waals surface area contributed by atoms with Gasteiger partial charge in [-0.1, -0.05) is 12.1 Å². The van der Waals surface area contributed by atoms with Crippen LogP contribution in [0.2, 0.25) is 0 Å². The molecule has 118 valence electrons. The molecule has 0 aliphatic carbocycles. The molecular weight excluding hydrogens is 297 g/mol. The monoisotopic (exact) mass is 312 g/mol. The van der Waals surface area contributed by atoms with Crippen LogP contribution in [-0.2, 0) is 11.3 Å². The molecule has 1 aromatic heterocycles. The molecule has 0 bridgehead atoms. The SMILES string of the molecule is O=C(O)C1(C(F)(F)F)CCN(Cc2cccc3[nH]ccc23)C1. The zero-order valence-electron chi connectivity index (χ0n) is 11.7. The Hall–Kier alpha value is -2.02. The fraction of sp³-hybridized carbons (Fsp3) is 0.400. The van der Waals surface area contributed by atoms with E-state index in [4.69, 9.17) is 5.11 Å². The molecule has 1 aromatic carbocycles. The van der Waals surface area contributed by atoms with Crippen molar-refractivity contribution >= 4 is 16.9 Å². The maximum Gasteiger partial charge on any atom is 0.406 e. The van der Waals surface area contributed by atoms with E-state index >= 15 is 0 Å². The highest BCUT2D eigenvalue weighted by Crippen LogP contribution is 2.46. The second kappa shape index (κ2) is 5.01. The standard InChI is InChI=1S/C15H15F3N2O2/c16-15(17,18)14(13(21)22)5-7-20(9-14)8-10-2-1-3-12-11(10)4-6-19-12/h1-4,6,19H,5,7-9H2,(H,21,22). The predicted octanol–water partition coefficient (Wildman–Crippen LogP) is 3.01. The quantitative estimate of drug-likeness (QED) is 0.916. The van der Waals surface area contributed by atoms with Crippen molar-refractivity contribution in [2.45, 2.75) is 19.1 Å². The maximum atomic E-state index is 13.2. The summed E-state index contributed by atoms with van der Waals surface area (Å²) < 4.78 is 39.5. The fourth-order valence-electron chi connectivity index (χ4n) is 3.08. The van der Waals surface area contributed by atoms with Crippen LogP contribution in [0.4, 0.5) is 13.2 Å². The van der Waals surface area contributed by atoms with Gasteiger partial charge in [0.1, 0.15) is 0 Å². The molecule has 0 spiro atoms. The van der Waals surface area contributed by atoms with Gasteiger partial charge in [-0.2, -0.15) is 13.2 Å². The summed E-state index contributed by atoms with van der Waals surface area (Å²) in [6.07, 6.45) is -3.38. The van der Waals surface area contributed by atoms with Crippen molar-refractivity contribution in [1.82, 2.24) is 9.88 Å². The van der Waals surface area contributed by atoms with Crippen molar-refractivity contribution in [3.05, 3.63) is 36.0 Å². The van der Waals surface area contributed by atoms with Gasteiger partial charge in [-0.3, -0.25) is 9.69 Å². The third kappa shape index (κ3) is 2.25. The number of carboxylic acids is 1. The van der Waals surface area contributed by atoms with Crippen molar-refractivity contribution in [1.29, 1.82) is 0 Å². The molecule has 0 radical (unpaired) electrons. The number of fused-ring (bicyclic) bond motifs is 1. The number of halogens is 3. The second-order valence-corrected chi connectivity index (χ2v) is 5.70. The molecule has 4 nitrogen and oxygen atoms in total. The van der Waals surface area contributed by atoms with Crippen LogP contribution in [0.15, 0.2) is 30.5 Å². The molecule has 2 heterocycles. The molecule has 7 heteroatoms. The molecule has 0 amide bonds. The molecule has 1 fully saturated rings. The van der Waals surface area contributed by atoms with Crippen LogP contribution in [0.3, 0.4) is 0 Å². The number of hydrogen-bond donors (Lipinski definition) is 2. The zero-order valence-corrected chi connectivity index (χ0v) is 11.7. The van der Waals surface area contributed by atoms with E-state index in [1.54, 1.807) is 11.1 Å². The minimum atomic E-state index is -4.74. The summed E-state index contributed by atoms with van der Waals surface area (Å²) in [5, 5.41) is 10.0. The number of aromatic nitrogens is 1. The first-order valence-corrected chi connectivity index (χ1v) is 6.91. The van der Waals surface area contributed by atoms with Gasteiger partial charge in [0.05, 0.1) is 0 Å². The summed E-state index contributed by atoms with van der Waals surface area (Å²) in [7, 11) is 0. The topological polar surface area (TPSA) is 56.3 Å². The molecule has 2 N–H and O–H groups in total. The highest BCUT2D eigenvalue weighted by molar-refractivity contribution is 5.82. The molecule has 1 aliphatic rings. The Morgan fingerprint density at radius 2 is 2.14 bits per heavy atom. The molecule has 1 aliphatic heterocycles. The van der Waals surface area contributed by atoms with Gasteiger partial charge in [-0.05, 0) is 24.1 Å². The molecule has 0 saturated carbocycles. The number of alkyl halides is 3. The van der Waals surface area contributed by atoms with E-state index in [-0.39, 0.29) is 6.54 Å². The zero-order chi connectivity index (χ0) is 16.0. The van der Waals surface area contributed by atoms with Gasteiger partial charge in [0.25, 0.3) is 0 Å². The number of rotatable bonds is 3. The first kappa shape index (κ1) is 14.9. The highest BCUT2D eigenvalue weighted by Gasteiger charge is 2.63. The molecule has 2 aromatic rings. The predicted molar refractivity (Wildman–Crippen MR) is 74.3 cm³/mol. The summed E-state index contributed by atoms with van der Waals surface area (Å²) >= 11 is 0. The van der Waals surface area contributed by atoms with Crippen LogP contribution >= 0.6 is 0 Å². The van der Waals surface area contributed by atoms with E-state index in [9.17, 15) is 18.0 Å². The lowest BCUT2D eigenvalue weighted by molar-refractivity contribution is -0.227. The average Bonchev–Trinajstić information content (AvgIpc) is 3.04. The van der Waals surface area contributed by atoms with Crippen LogP contribution in [0.1, 0.15) is 12.0 Å². The van der Waals surface area contributed by atoms with Crippen molar-refractivity contribution in [3.63, 3.8) is 0 Å². The number of hydrogen-bond acceptors (Lipinski definition) is 2. The van der Waals surface area contributed by atoms with Gasteiger partial charge in [0.15, 0.2) is 5.41 Å². The molecule has 3 rings (SSSR count). The summed E-state index contributed by atoms with van der Waals surface area (Å²) in [6.45, 7) is -0.0838. The normalized spacial score (nSPS) is 23.2. The number of nitrogens with zero attached hydrogens (tertiary/aromatic N) is 1. The largest absolute Gasteiger partial charge is 0.481 e. The van der Waals surface area contributed by atoms with Crippen molar-refractivity contribution < 1.29 is 23.1 Å². The Kier molecular flexibility index (Phi) is 3.40. The number of carboxylic acid groups (broad SMARTS) is 1. The average molecular weight is 312 g/mol.